The molecule has 1 amide bonds. The molecule has 4 N–H and O–H groups in total. The smallest absolute Gasteiger partial charge is 0.326 e. The number of carboxylic acid groups (broad SMARTS) is 2. The molecule has 204 valence electrons. The third-order valence-electron chi connectivity index (χ3n) is 6.22. The van der Waals surface area contributed by atoms with E-state index >= 15 is 4.39 Å². The summed E-state index contributed by atoms with van der Waals surface area (Å²) in [4.78, 5) is 56.0. The molecule has 2 aromatic carbocycles. The first-order valence-corrected chi connectivity index (χ1v) is 12.2. The molecule has 3 aromatic rings. The number of carbonyl (C=O) groups is 3. The molecule has 0 aliphatic heterocycles. The van der Waals surface area contributed by atoms with Crippen LogP contribution in [0.15, 0.2) is 35.1 Å². The van der Waals surface area contributed by atoms with E-state index in [4.69, 9.17) is 11.5 Å². The number of hydrogen-bond acceptors (Lipinski definition) is 6. The molecule has 0 aliphatic rings. The zero-order valence-corrected chi connectivity index (χ0v) is 21.6. The summed E-state index contributed by atoms with van der Waals surface area (Å²) in [5.74, 6) is -1.03. The summed E-state index contributed by atoms with van der Waals surface area (Å²) >= 11 is 0. The number of halogens is 1. The lowest BCUT2D eigenvalue weighted by Gasteiger charge is -2.24. The number of nitrogens with one attached hydrogen (secondary N) is 2. The Bertz CT molecular complexity index is 1510. The molecule has 0 saturated heterocycles. The average molecular weight is 537 g/mol. The van der Waals surface area contributed by atoms with Gasteiger partial charge in [-0.3, -0.25) is 14.4 Å². The van der Waals surface area contributed by atoms with Gasteiger partial charge < -0.3 is 25.4 Å². The molecule has 1 aromatic heterocycles. The lowest BCUT2D eigenvalue weighted by atomic mass is 10.0. The number of carboxylic acids is 2. The SMILES string of the molecule is C#CCN(Cc1cc2c(=O)[nH]c(C)nc2cc1C)c1ccc(C(=O)N[C@@H](CCCCC(=O)O)C(=O)O)c(F)c1. The highest BCUT2D eigenvalue weighted by Crippen LogP contribution is 2.24. The summed E-state index contributed by atoms with van der Waals surface area (Å²) in [6.07, 6.45) is 5.96. The van der Waals surface area contributed by atoms with Crippen molar-refractivity contribution in [2.24, 2.45) is 0 Å². The highest BCUT2D eigenvalue weighted by Gasteiger charge is 2.23. The van der Waals surface area contributed by atoms with Gasteiger partial charge in [-0.1, -0.05) is 12.3 Å². The van der Waals surface area contributed by atoms with Crippen molar-refractivity contribution in [2.75, 3.05) is 11.4 Å². The van der Waals surface area contributed by atoms with Crippen LogP contribution in [0.5, 0.6) is 0 Å². The maximum atomic E-state index is 15.1. The number of unbranched alkanes of at least 4 members (excludes halogenated alkanes) is 1. The third-order valence-corrected chi connectivity index (χ3v) is 6.22. The molecule has 0 fully saturated rings. The highest BCUT2D eigenvalue weighted by atomic mass is 19.1. The number of hydrogen-bond donors (Lipinski definition) is 4. The molecular weight excluding hydrogens is 507 g/mol. The molecule has 0 spiro atoms. The summed E-state index contributed by atoms with van der Waals surface area (Å²) < 4.78 is 15.1. The summed E-state index contributed by atoms with van der Waals surface area (Å²) in [6, 6.07) is 6.13. The standard InChI is InChI=1S/C28H29FN4O6/c1-4-11-33(15-18-13-21-24(12-16(18)2)30-17(3)31-27(21)37)19-9-10-20(22(29)14-19)26(36)32-23(28(38)39)7-5-6-8-25(34)35/h1,9-10,12-14,23H,5-8,11,15H2,2-3H3,(H,32,36)(H,34,35)(H,38,39)(H,30,31,37)/t23-/m0/s1. The number of H-pyrrole nitrogens is 1. The average Bonchev–Trinajstić information content (AvgIpc) is 2.85. The summed E-state index contributed by atoms with van der Waals surface area (Å²) in [7, 11) is 0. The molecule has 0 aliphatic carbocycles. The summed E-state index contributed by atoms with van der Waals surface area (Å²) in [5.41, 5.74) is 1.98. The van der Waals surface area contributed by atoms with Gasteiger partial charge in [-0.25, -0.2) is 14.2 Å². The fourth-order valence-electron chi connectivity index (χ4n) is 4.18. The zero-order chi connectivity index (χ0) is 28.7. The lowest BCUT2D eigenvalue weighted by Crippen LogP contribution is -2.41. The van der Waals surface area contributed by atoms with Gasteiger partial charge in [0, 0.05) is 18.7 Å². The van der Waals surface area contributed by atoms with Crippen LogP contribution in [0.2, 0.25) is 0 Å². The van der Waals surface area contributed by atoms with Gasteiger partial charge in [0.2, 0.25) is 0 Å². The number of aryl methyl sites for hydroxylation is 2. The minimum absolute atomic E-state index is 0.00698. The van der Waals surface area contributed by atoms with E-state index in [0.29, 0.717) is 22.4 Å². The van der Waals surface area contributed by atoms with Gasteiger partial charge in [0.25, 0.3) is 11.5 Å². The van der Waals surface area contributed by atoms with Crippen molar-refractivity contribution < 1.29 is 29.0 Å². The minimum atomic E-state index is -1.30. The number of anilines is 1. The first-order chi connectivity index (χ1) is 18.5. The second-order valence-corrected chi connectivity index (χ2v) is 9.18. The van der Waals surface area contributed by atoms with Gasteiger partial charge in [-0.2, -0.15) is 0 Å². The van der Waals surface area contributed by atoms with Crippen LogP contribution in [0.3, 0.4) is 0 Å². The molecule has 1 atom stereocenters. The van der Waals surface area contributed by atoms with Crippen molar-refractivity contribution >= 4 is 34.4 Å². The molecule has 0 unspecified atom stereocenters. The van der Waals surface area contributed by atoms with Gasteiger partial charge in [0.1, 0.15) is 17.7 Å². The molecular formula is C28H29FN4O6. The zero-order valence-electron chi connectivity index (χ0n) is 21.6. The van der Waals surface area contributed by atoms with Crippen molar-refractivity contribution in [1.29, 1.82) is 0 Å². The summed E-state index contributed by atoms with van der Waals surface area (Å²) in [6.45, 7) is 3.93. The van der Waals surface area contributed by atoms with Crippen LogP contribution in [0.25, 0.3) is 10.9 Å². The lowest BCUT2D eigenvalue weighted by molar-refractivity contribution is -0.139. The van der Waals surface area contributed by atoms with E-state index in [-0.39, 0.29) is 49.9 Å². The largest absolute Gasteiger partial charge is 0.481 e. The first-order valence-electron chi connectivity index (χ1n) is 12.2. The van der Waals surface area contributed by atoms with Crippen LogP contribution in [0, 0.1) is 32.0 Å². The van der Waals surface area contributed by atoms with Crippen LogP contribution in [0.1, 0.15) is 53.0 Å². The Morgan fingerprint density at radius 1 is 1.18 bits per heavy atom. The van der Waals surface area contributed by atoms with Crippen LogP contribution >= 0.6 is 0 Å². The number of carbonyl (C=O) groups excluding carboxylic acids is 1. The van der Waals surface area contributed by atoms with Crippen LogP contribution in [0.4, 0.5) is 10.1 Å². The predicted octanol–water partition coefficient (Wildman–Crippen LogP) is 3.15. The van der Waals surface area contributed by atoms with E-state index in [1.165, 1.54) is 12.1 Å². The van der Waals surface area contributed by atoms with Crippen molar-refractivity contribution in [2.45, 2.75) is 52.1 Å². The van der Waals surface area contributed by atoms with E-state index in [1.54, 1.807) is 24.0 Å². The van der Waals surface area contributed by atoms with Crippen molar-refractivity contribution in [1.82, 2.24) is 15.3 Å². The van der Waals surface area contributed by atoms with Crippen LogP contribution in [-0.2, 0) is 16.1 Å². The topological polar surface area (TPSA) is 153 Å². The highest BCUT2D eigenvalue weighted by molar-refractivity contribution is 5.97. The molecule has 0 radical (unpaired) electrons. The van der Waals surface area contributed by atoms with E-state index in [1.807, 2.05) is 6.92 Å². The Balaban J connectivity index is 1.80. The van der Waals surface area contributed by atoms with E-state index < -0.39 is 29.7 Å². The Labute approximate surface area is 223 Å². The molecule has 39 heavy (non-hydrogen) atoms. The monoisotopic (exact) mass is 536 g/mol. The first kappa shape index (κ1) is 28.8. The number of benzene rings is 2. The Kier molecular flexibility index (Phi) is 9.38. The maximum Gasteiger partial charge on any atom is 0.326 e. The van der Waals surface area contributed by atoms with Gasteiger partial charge in [0.15, 0.2) is 0 Å². The molecule has 11 heteroatoms. The van der Waals surface area contributed by atoms with Crippen LogP contribution in [-0.4, -0.2) is 50.6 Å². The number of terminal acetylenes is 1. The van der Waals surface area contributed by atoms with Crippen LogP contribution < -0.4 is 15.8 Å². The van der Waals surface area contributed by atoms with E-state index in [9.17, 15) is 24.3 Å². The third kappa shape index (κ3) is 7.41. The van der Waals surface area contributed by atoms with E-state index in [0.717, 1.165) is 17.2 Å². The van der Waals surface area contributed by atoms with Crippen molar-refractivity contribution in [3.8, 4) is 12.3 Å². The fraction of sp³-hybridized carbons (Fsp3) is 0.321. The second-order valence-electron chi connectivity index (χ2n) is 9.18. The predicted molar refractivity (Wildman–Crippen MR) is 143 cm³/mol. The fourth-order valence-corrected chi connectivity index (χ4v) is 4.18. The van der Waals surface area contributed by atoms with E-state index in [2.05, 4.69) is 21.2 Å². The van der Waals surface area contributed by atoms with Gasteiger partial charge in [-0.05, 0) is 68.1 Å². The van der Waals surface area contributed by atoms with Crippen molar-refractivity contribution in [3.63, 3.8) is 0 Å². The molecule has 0 saturated carbocycles. The summed E-state index contributed by atoms with van der Waals surface area (Å²) in [5, 5.41) is 20.8. The number of aromatic nitrogens is 2. The van der Waals surface area contributed by atoms with Gasteiger partial charge >= 0.3 is 11.9 Å². The second kappa shape index (κ2) is 12.7. The molecule has 10 nitrogen and oxygen atoms in total. The Morgan fingerprint density at radius 2 is 1.92 bits per heavy atom. The van der Waals surface area contributed by atoms with Gasteiger partial charge in [-0.15, -0.1) is 6.42 Å². The Morgan fingerprint density at radius 3 is 2.56 bits per heavy atom. The number of rotatable bonds is 12. The molecule has 1 heterocycles. The quantitative estimate of drug-likeness (QED) is 0.203. The van der Waals surface area contributed by atoms with Crippen molar-refractivity contribution in [3.05, 3.63) is 69.0 Å². The number of amides is 1. The normalized spacial score (nSPS) is 11.5. The molecule has 0 bridgehead atoms. The Hall–Kier alpha value is -4.72. The number of nitrogens with zero attached hydrogens (tertiary/aromatic N) is 2. The number of aliphatic carboxylic acids is 2. The molecule has 3 rings (SSSR count). The van der Waals surface area contributed by atoms with Gasteiger partial charge in [0.05, 0.1) is 23.0 Å². The maximum absolute atomic E-state index is 15.1. The minimum Gasteiger partial charge on any atom is -0.481 e. The number of aromatic amines is 1. The number of fused-ring (bicyclic) bond motifs is 1.